The Balaban J connectivity index is 0. The SMILES string of the molecule is CC(C)O.CCCCCCC. The molecule has 0 aromatic rings. The Kier molecular flexibility index (Phi) is 15.5. The molecule has 0 spiro atoms. The second kappa shape index (κ2) is 12.6. The van der Waals surface area contributed by atoms with Crippen LogP contribution < -0.4 is 0 Å². The van der Waals surface area contributed by atoms with E-state index in [0.717, 1.165) is 0 Å². The van der Waals surface area contributed by atoms with Crippen molar-refractivity contribution < 1.29 is 5.11 Å². The molecule has 1 nitrogen and oxygen atoms in total. The van der Waals surface area contributed by atoms with Gasteiger partial charge in [-0.25, -0.2) is 0 Å². The van der Waals surface area contributed by atoms with Gasteiger partial charge in [-0.15, -0.1) is 0 Å². The van der Waals surface area contributed by atoms with E-state index in [9.17, 15) is 0 Å². The van der Waals surface area contributed by atoms with E-state index < -0.39 is 0 Å². The molecule has 1 N–H and O–H groups in total. The van der Waals surface area contributed by atoms with Crippen molar-refractivity contribution in [3.05, 3.63) is 0 Å². The topological polar surface area (TPSA) is 20.2 Å². The molecule has 0 aliphatic rings. The van der Waals surface area contributed by atoms with Gasteiger partial charge in [-0.05, 0) is 13.8 Å². The van der Waals surface area contributed by atoms with Crippen LogP contribution in [0.1, 0.15) is 59.8 Å². The summed E-state index contributed by atoms with van der Waals surface area (Å²) in [5, 5.41) is 8.06. The zero-order valence-electron chi connectivity index (χ0n) is 8.56. The molecule has 0 bridgehead atoms. The lowest BCUT2D eigenvalue weighted by atomic mass is 10.2. The average Bonchev–Trinajstić information content (AvgIpc) is 1.88. The number of aliphatic hydroxyl groups is 1. The quantitative estimate of drug-likeness (QED) is 0.625. The van der Waals surface area contributed by atoms with Crippen LogP contribution in [0, 0.1) is 0 Å². The summed E-state index contributed by atoms with van der Waals surface area (Å²) in [6.07, 6.45) is 6.84. The van der Waals surface area contributed by atoms with Crippen molar-refractivity contribution >= 4 is 0 Å². The molecule has 0 aliphatic heterocycles. The van der Waals surface area contributed by atoms with E-state index in [0.29, 0.717) is 0 Å². The minimum absolute atomic E-state index is 0.167. The Morgan fingerprint density at radius 2 is 1.18 bits per heavy atom. The van der Waals surface area contributed by atoms with Gasteiger partial charge in [-0.3, -0.25) is 0 Å². The number of hydrogen-bond acceptors (Lipinski definition) is 1. The van der Waals surface area contributed by atoms with Gasteiger partial charge in [0.25, 0.3) is 0 Å². The van der Waals surface area contributed by atoms with Gasteiger partial charge in [0, 0.05) is 6.10 Å². The van der Waals surface area contributed by atoms with Crippen LogP contribution in [-0.4, -0.2) is 11.2 Å². The Hall–Kier alpha value is -0.0400. The zero-order chi connectivity index (χ0) is 9.11. The molecular formula is C10H24O. The molecule has 0 saturated carbocycles. The maximum absolute atomic E-state index is 8.06. The van der Waals surface area contributed by atoms with Crippen LogP contribution >= 0.6 is 0 Å². The molecule has 0 heterocycles. The van der Waals surface area contributed by atoms with Crippen molar-refractivity contribution in [2.24, 2.45) is 0 Å². The van der Waals surface area contributed by atoms with E-state index in [2.05, 4.69) is 13.8 Å². The summed E-state index contributed by atoms with van der Waals surface area (Å²) in [6.45, 7) is 7.94. The molecule has 0 unspecified atom stereocenters. The zero-order valence-corrected chi connectivity index (χ0v) is 8.56. The first-order chi connectivity index (χ1) is 5.15. The van der Waals surface area contributed by atoms with Gasteiger partial charge in [-0.1, -0.05) is 46.0 Å². The Morgan fingerprint density at radius 1 is 0.909 bits per heavy atom. The van der Waals surface area contributed by atoms with Crippen molar-refractivity contribution in [1.29, 1.82) is 0 Å². The molecule has 0 aromatic heterocycles. The van der Waals surface area contributed by atoms with E-state index in [1.165, 1.54) is 32.1 Å². The van der Waals surface area contributed by atoms with Crippen LogP contribution in [-0.2, 0) is 0 Å². The fraction of sp³-hybridized carbons (Fsp3) is 1.00. The summed E-state index contributed by atoms with van der Waals surface area (Å²) >= 11 is 0. The minimum Gasteiger partial charge on any atom is -0.394 e. The first-order valence-corrected chi connectivity index (χ1v) is 4.83. The molecule has 0 amide bonds. The highest BCUT2D eigenvalue weighted by Gasteiger charge is 1.80. The van der Waals surface area contributed by atoms with Gasteiger partial charge in [0.1, 0.15) is 0 Å². The Bertz CT molecular complexity index is 44.1. The highest BCUT2D eigenvalue weighted by molar-refractivity contribution is 4.35. The molecule has 1 heteroatoms. The molecule has 0 radical (unpaired) electrons. The predicted molar refractivity (Wildman–Crippen MR) is 51.8 cm³/mol. The summed E-state index contributed by atoms with van der Waals surface area (Å²) in [7, 11) is 0. The van der Waals surface area contributed by atoms with Gasteiger partial charge < -0.3 is 5.11 Å². The van der Waals surface area contributed by atoms with Crippen LogP contribution in [0.2, 0.25) is 0 Å². The monoisotopic (exact) mass is 160 g/mol. The molecule has 11 heavy (non-hydrogen) atoms. The van der Waals surface area contributed by atoms with Crippen molar-refractivity contribution in [1.82, 2.24) is 0 Å². The first kappa shape index (κ1) is 13.5. The van der Waals surface area contributed by atoms with Gasteiger partial charge in [0.15, 0.2) is 0 Å². The highest BCUT2D eigenvalue weighted by atomic mass is 16.3. The molecule has 0 fully saturated rings. The van der Waals surface area contributed by atoms with E-state index in [-0.39, 0.29) is 6.10 Å². The minimum atomic E-state index is -0.167. The molecule has 70 valence electrons. The van der Waals surface area contributed by atoms with Gasteiger partial charge in [0.05, 0.1) is 0 Å². The standard InChI is InChI=1S/C7H16.C3H8O/c1-3-5-7-6-4-2;1-3(2)4/h3-7H2,1-2H3;3-4H,1-2H3. The number of rotatable bonds is 4. The van der Waals surface area contributed by atoms with E-state index >= 15 is 0 Å². The number of hydrogen-bond donors (Lipinski definition) is 1. The van der Waals surface area contributed by atoms with Crippen molar-refractivity contribution in [2.75, 3.05) is 0 Å². The third-order valence-corrected chi connectivity index (χ3v) is 1.21. The second-order valence-electron chi connectivity index (χ2n) is 3.15. The van der Waals surface area contributed by atoms with E-state index in [1.54, 1.807) is 13.8 Å². The van der Waals surface area contributed by atoms with Gasteiger partial charge in [0.2, 0.25) is 0 Å². The van der Waals surface area contributed by atoms with Crippen molar-refractivity contribution in [3.8, 4) is 0 Å². The van der Waals surface area contributed by atoms with Crippen LogP contribution in [0.3, 0.4) is 0 Å². The van der Waals surface area contributed by atoms with Crippen LogP contribution in [0.15, 0.2) is 0 Å². The maximum Gasteiger partial charge on any atom is 0.0483 e. The lowest BCUT2D eigenvalue weighted by Crippen LogP contribution is -1.85. The third kappa shape index (κ3) is 40.2. The average molecular weight is 160 g/mol. The van der Waals surface area contributed by atoms with Crippen LogP contribution in [0.5, 0.6) is 0 Å². The summed E-state index contributed by atoms with van der Waals surface area (Å²) in [4.78, 5) is 0. The molecular weight excluding hydrogens is 136 g/mol. The van der Waals surface area contributed by atoms with Gasteiger partial charge in [-0.2, -0.15) is 0 Å². The highest BCUT2D eigenvalue weighted by Crippen LogP contribution is 2.00. The molecule has 0 saturated heterocycles. The Morgan fingerprint density at radius 3 is 1.36 bits per heavy atom. The van der Waals surface area contributed by atoms with Crippen molar-refractivity contribution in [3.63, 3.8) is 0 Å². The van der Waals surface area contributed by atoms with Crippen molar-refractivity contribution in [2.45, 2.75) is 65.9 Å². The lowest BCUT2D eigenvalue weighted by molar-refractivity contribution is 0.216. The third-order valence-electron chi connectivity index (χ3n) is 1.21. The predicted octanol–water partition coefficient (Wildman–Crippen LogP) is 3.36. The van der Waals surface area contributed by atoms with Crippen LogP contribution in [0.25, 0.3) is 0 Å². The van der Waals surface area contributed by atoms with E-state index in [4.69, 9.17) is 5.11 Å². The normalized spacial score (nSPS) is 9.27. The lowest BCUT2D eigenvalue weighted by Gasteiger charge is -1.90. The number of unbranched alkanes of at least 4 members (excludes halogenated alkanes) is 4. The summed E-state index contributed by atoms with van der Waals surface area (Å²) in [5.41, 5.74) is 0. The van der Waals surface area contributed by atoms with Crippen LogP contribution in [0.4, 0.5) is 0 Å². The fourth-order valence-corrected chi connectivity index (χ4v) is 0.677. The first-order valence-electron chi connectivity index (χ1n) is 4.83. The smallest absolute Gasteiger partial charge is 0.0483 e. The summed E-state index contributed by atoms with van der Waals surface area (Å²) < 4.78 is 0. The second-order valence-corrected chi connectivity index (χ2v) is 3.15. The van der Waals surface area contributed by atoms with Gasteiger partial charge >= 0.3 is 0 Å². The summed E-state index contributed by atoms with van der Waals surface area (Å²) in [5.74, 6) is 0. The molecule has 0 atom stereocenters. The fourth-order valence-electron chi connectivity index (χ4n) is 0.677. The largest absolute Gasteiger partial charge is 0.394 e. The molecule has 0 aliphatic carbocycles. The maximum atomic E-state index is 8.06. The molecule has 0 aromatic carbocycles. The Labute approximate surface area is 71.8 Å². The molecule has 0 rings (SSSR count). The summed E-state index contributed by atoms with van der Waals surface area (Å²) in [6, 6.07) is 0. The van der Waals surface area contributed by atoms with E-state index in [1.807, 2.05) is 0 Å². The number of aliphatic hydroxyl groups excluding tert-OH is 1.